The summed E-state index contributed by atoms with van der Waals surface area (Å²) in [6.45, 7) is 0.169. The number of carbonyl (C=O) groups excluding carboxylic acids is 1. The summed E-state index contributed by atoms with van der Waals surface area (Å²) in [7, 11) is 0. The molecule has 0 aliphatic heterocycles. The molecule has 0 atom stereocenters. The summed E-state index contributed by atoms with van der Waals surface area (Å²) in [6, 6.07) is 16.9. The lowest BCUT2D eigenvalue weighted by Crippen LogP contribution is -2.13. The van der Waals surface area contributed by atoms with Crippen LogP contribution in [-0.2, 0) is 6.61 Å². The Balaban J connectivity index is 1.50. The molecule has 0 saturated heterocycles. The molecule has 0 aliphatic carbocycles. The third-order valence-corrected chi connectivity index (χ3v) is 4.36. The van der Waals surface area contributed by atoms with Gasteiger partial charge in [0.1, 0.15) is 18.2 Å². The Bertz CT molecular complexity index is 1250. The van der Waals surface area contributed by atoms with Crippen molar-refractivity contribution in [3.63, 3.8) is 0 Å². The molecule has 4 rings (SSSR count). The van der Waals surface area contributed by atoms with Crippen LogP contribution in [0.1, 0.15) is 16.1 Å². The molecule has 150 valence electrons. The van der Waals surface area contributed by atoms with Crippen molar-refractivity contribution in [3.05, 3.63) is 93.9 Å². The van der Waals surface area contributed by atoms with Crippen LogP contribution in [0.5, 0.6) is 5.75 Å². The number of nitrogens with one attached hydrogen (secondary N) is 2. The number of anilines is 1. The molecule has 3 aromatic carbocycles. The highest BCUT2D eigenvalue weighted by atomic mass is 19.1. The number of halogens is 1. The molecule has 1 heterocycles. The maximum atomic E-state index is 13.3. The van der Waals surface area contributed by atoms with Crippen molar-refractivity contribution < 1.29 is 18.8 Å². The van der Waals surface area contributed by atoms with Gasteiger partial charge in [-0.05, 0) is 35.9 Å². The van der Waals surface area contributed by atoms with E-state index in [1.54, 1.807) is 36.4 Å². The lowest BCUT2D eigenvalue weighted by molar-refractivity contribution is -0.384. The molecule has 4 aromatic rings. The summed E-state index contributed by atoms with van der Waals surface area (Å²) in [5.74, 6) is -0.382. The van der Waals surface area contributed by atoms with Crippen LogP contribution in [0.15, 0.2) is 66.7 Å². The fourth-order valence-corrected chi connectivity index (χ4v) is 2.94. The average molecular weight is 406 g/mol. The fraction of sp³-hybridized carbons (Fsp3) is 0.0476. The molecular weight excluding hydrogens is 391 g/mol. The van der Waals surface area contributed by atoms with E-state index in [0.717, 1.165) is 0 Å². The van der Waals surface area contributed by atoms with Crippen LogP contribution >= 0.6 is 0 Å². The molecule has 1 amide bonds. The second-order valence-corrected chi connectivity index (χ2v) is 6.46. The van der Waals surface area contributed by atoms with Crippen LogP contribution in [0.4, 0.5) is 15.8 Å². The number of aromatic nitrogens is 2. The third-order valence-electron chi connectivity index (χ3n) is 4.36. The normalized spacial score (nSPS) is 10.7. The molecule has 0 saturated carbocycles. The van der Waals surface area contributed by atoms with Crippen molar-refractivity contribution in [2.75, 3.05) is 5.32 Å². The topological polar surface area (TPSA) is 110 Å². The Morgan fingerprint density at radius 2 is 1.97 bits per heavy atom. The van der Waals surface area contributed by atoms with Gasteiger partial charge in [-0.1, -0.05) is 18.2 Å². The van der Waals surface area contributed by atoms with E-state index in [0.29, 0.717) is 27.9 Å². The van der Waals surface area contributed by atoms with Crippen LogP contribution in [0.2, 0.25) is 0 Å². The van der Waals surface area contributed by atoms with E-state index in [-0.39, 0.29) is 23.8 Å². The molecule has 8 nitrogen and oxygen atoms in total. The monoisotopic (exact) mass is 406 g/mol. The van der Waals surface area contributed by atoms with Gasteiger partial charge in [0.25, 0.3) is 11.6 Å². The summed E-state index contributed by atoms with van der Waals surface area (Å²) in [5, 5.41) is 20.7. The first kappa shape index (κ1) is 19.1. The van der Waals surface area contributed by atoms with Crippen LogP contribution in [-0.4, -0.2) is 21.0 Å². The molecule has 9 heteroatoms. The van der Waals surface area contributed by atoms with Gasteiger partial charge in [0.2, 0.25) is 0 Å². The molecule has 30 heavy (non-hydrogen) atoms. The molecule has 0 bridgehead atoms. The first-order valence-corrected chi connectivity index (χ1v) is 8.91. The number of fused-ring (bicyclic) bond motifs is 1. The third kappa shape index (κ3) is 4.09. The number of rotatable bonds is 6. The number of nitro groups is 1. The maximum Gasteiger partial charge on any atom is 0.276 e. The van der Waals surface area contributed by atoms with E-state index in [2.05, 4.69) is 15.5 Å². The highest BCUT2D eigenvalue weighted by Crippen LogP contribution is 2.24. The highest BCUT2D eigenvalue weighted by molar-refractivity contribution is 6.11. The van der Waals surface area contributed by atoms with Crippen LogP contribution in [0.25, 0.3) is 10.9 Å². The van der Waals surface area contributed by atoms with E-state index in [1.807, 2.05) is 0 Å². The number of non-ortho nitro benzene ring substituents is 1. The zero-order chi connectivity index (χ0) is 21.1. The van der Waals surface area contributed by atoms with Gasteiger partial charge in [-0.3, -0.25) is 20.0 Å². The standard InChI is InChI=1S/C21H15FN4O4/c22-14-4-1-3-13(9-14)12-30-17-6-2-5-15(10-17)23-21(27)20-18-11-16(26(28)29)7-8-19(18)24-25-20/h1-11H,12H2,(H,23,27)(H,24,25). The quantitative estimate of drug-likeness (QED) is 0.363. The molecule has 0 unspecified atom stereocenters. The number of nitrogens with zero attached hydrogens (tertiary/aromatic N) is 2. The number of nitro benzene ring substituents is 1. The highest BCUT2D eigenvalue weighted by Gasteiger charge is 2.17. The Morgan fingerprint density at radius 1 is 1.13 bits per heavy atom. The van der Waals surface area contributed by atoms with Gasteiger partial charge < -0.3 is 10.1 Å². The summed E-state index contributed by atoms with van der Waals surface area (Å²) in [4.78, 5) is 23.1. The van der Waals surface area contributed by atoms with Gasteiger partial charge in [0.05, 0.1) is 10.4 Å². The number of H-pyrrole nitrogens is 1. The number of hydrogen-bond donors (Lipinski definition) is 2. The van der Waals surface area contributed by atoms with Crippen molar-refractivity contribution in [3.8, 4) is 5.75 Å². The number of aromatic amines is 1. The number of ether oxygens (including phenoxy) is 1. The molecule has 2 N–H and O–H groups in total. The maximum absolute atomic E-state index is 13.3. The number of benzene rings is 3. The largest absolute Gasteiger partial charge is 0.489 e. The van der Waals surface area contributed by atoms with Gasteiger partial charge in [-0.25, -0.2) is 4.39 Å². The minimum absolute atomic E-state index is 0.0415. The van der Waals surface area contributed by atoms with Crippen LogP contribution < -0.4 is 10.1 Å². The van der Waals surface area contributed by atoms with E-state index >= 15 is 0 Å². The fourth-order valence-electron chi connectivity index (χ4n) is 2.94. The first-order valence-electron chi connectivity index (χ1n) is 8.91. The number of carbonyl (C=O) groups is 1. The van der Waals surface area contributed by atoms with Crippen LogP contribution in [0, 0.1) is 15.9 Å². The smallest absolute Gasteiger partial charge is 0.276 e. The minimum Gasteiger partial charge on any atom is -0.489 e. The Kier molecular flexibility index (Phi) is 5.08. The molecule has 0 radical (unpaired) electrons. The van der Waals surface area contributed by atoms with Crippen molar-refractivity contribution in [1.82, 2.24) is 10.2 Å². The van der Waals surface area contributed by atoms with Crippen molar-refractivity contribution >= 4 is 28.2 Å². The zero-order valence-electron chi connectivity index (χ0n) is 15.5. The van der Waals surface area contributed by atoms with Crippen molar-refractivity contribution in [2.24, 2.45) is 0 Å². The Hall–Kier alpha value is -4.27. The average Bonchev–Trinajstić information content (AvgIpc) is 3.16. The summed E-state index contributed by atoms with van der Waals surface area (Å²) in [6.07, 6.45) is 0. The second-order valence-electron chi connectivity index (χ2n) is 6.46. The predicted molar refractivity (Wildman–Crippen MR) is 108 cm³/mol. The SMILES string of the molecule is O=C(Nc1cccc(OCc2cccc(F)c2)c1)c1n[nH]c2ccc([N+](=O)[O-])cc12. The Morgan fingerprint density at radius 3 is 2.77 bits per heavy atom. The van der Waals surface area contributed by atoms with Gasteiger partial charge in [-0.2, -0.15) is 5.10 Å². The molecule has 1 aromatic heterocycles. The van der Waals surface area contributed by atoms with Gasteiger partial charge in [-0.15, -0.1) is 0 Å². The lowest BCUT2D eigenvalue weighted by Gasteiger charge is -2.09. The van der Waals surface area contributed by atoms with Crippen molar-refractivity contribution in [1.29, 1.82) is 0 Å². The van der Waals surface area contributed by atoms with Gasteiger partial charge in [0, 0.05) is 29.3 Å². The molecular formula is C21H15FN4O4. The second kappa shape index (κ2) is 8.00. The van der Waals surface area contributed by atoms with E-state index in [4.69, 9.17) is 4.74 Å². The summed E-state index contributed by atoms with van der Waals surface area (Å²) in [5.41, 5.74) is 1.55. The lowest BCUT2D eigenvalue weighted by atomic mass is 10.2. The van der Waals surface area contributed by atoms with E-state index in [9.17, 15) is 19.3 Å². The Labute approximate surface area is 169 Å². The van der Waals surface area contributed by atoms with E-state index in [1.165, 1.54) is 30.3 Å². The first-order chi connectivity index (χ1) is 14.5. The zero-order valence-corrected chi connectivity index (χ0v) is 15.5. The van der Waals surface area contributed by atoms with E-state index < -0.39 is 10.8 Å². The minimum atomic E-state index is -0.534. The summed E-state index contributed by atoms with van der Waals surface area (Å²) < 4.78 is 18.9. The van der Waals surface area contributed by atoms with Gasteiger partial charge in [0.15, 0.2) is 5.69 Å². The summed E-state index contributed by atoms with van der Waals surface area (Å²) >= 11 is 0. The molecule has 0 spiro atoms. The van der Waals surface area contributed by atoms with Gasteiger partial charge >= 0.3 is 0 Å². The predicted octanol–water partition coefficient (Wildman–Crippen LogP) is 4.44. The number of hydrogen-bond acceptors (Lipinski definition) is 5. The van der Waals surface area contributed by atoms with Crippen molar-refractivity contribution in [2.45, 2.75) is 6.61 Å². The van der Waals surface area contributed by atoms with Crippen LogP contribution in [0.3, 0.4) is 0 Å². The molecule has 0 aliphatic rings. The number of amides is 1. The molecule has 0 fully saturated rings.